The average Bonchev–Trinajstić information content (AvgIpc) is 3.18. The van der Waals surface area contributed by atoms with Gasteiger partial charge < -0.3 is 15.4 Å². The largest absolute Gasteiger partial charge is 0.483 e. The molecular formula is C23H28BrFN2O2S. The summed E-state index contributed by atoms with van der Waals surface area (Å²) in [5.74, 6) is 0.0662. The van der Waals surface area contributed by atoms with Gasteiger partial charge in [-0.2, -0.15) is 0 Å². The first-order valence-electron chi connectivity index (χ1n) is 10.7. The fraction of sp³-hybridized carbons (Fsp3) is 0.522. The van der Waals surface area contributed by atoms with Crippen molar-refractivity contribution in [2.45, 2.75) is 70.5 Å². The van der Waals surface area contributed by atoms with E-state index in [1.54, 1.807) is 6.07 Å². The number of thiophene rings is 1. The number of rotatable bonds is 6. The van der Waals surface area contributed by atoms with Crippen LogP contribution in [0.25, 0.3) is 0 Å². The van der Waals surface area contributed by atoms with E-state index in [0.29, 0.717) is 13.2 Å². The highest BCUT2D eigenvalue weighted by Gasteiger charge is 2.45. The molecule has 3 atom stereocenters. The molecule has 2 saturated heterocycles. The van der Waals surface area contributed by atoms with E-state index in [1.807, 2.05) is 13.0 Å². The molecule has 0 radical (unpaired) electrons. The van der Waals surface area contributed by atoms with Gasteiger partial charge in [-0.3, -0.25) is 4.79 Å². The lowest BCUT2D eigenvalue weighted by Crippen LogP contribution is -2.46. The first-order chi connectivity index (χ1) is 14.4. The van der Waals surface area contributed by atoms with Crippen LogP contribution < -0.4 is 10.5 Å². The number of piperidine rings is 1. The minimum Gasteiger partial charge on any atom is -0.483 e. The van der Waals surface area contributed by atoms with E-state index in [4.69, 9.17) is 10.5 Å². The van der Waals surface area contributed by atoms with Crippen LogP contribution >= 0.6 is 27.3 Å². The van der Waals surface area contributed by atoms with Crippen LogP contribution in [0.1, 0.15) is 71.3 Å². The fourth-order valence-electron chi connectivity index (χ4n) is 4.87. The molecule has 1 unspecified atom stereocenters. The van der Waals surface area contributed by atoms with Crippen LogP contribution in [-0.2, 0) is 6.54 Å². The Bertz CT molecular complexity index is 934. The van der Waals surface area contributed by atoms with Crippen LogP contribution in [0.2, 0.25) is 0 Å². The van der Waals surface area contributed by atoms with Crippen LogP contribution in [0.3, 0.4) is 0 Å². The lowest BCUT2D eigenvalue weighted by Gasteiger charge is -2.39. The third kappa shape index (κ3) is 3.92. The number of amides is 1. The van der Waals surface area contributed by atoms with Crippen molar-refractivity contribution in [3.8, 4) is 5.06 Å². The maximum absolute atomic E-state index is 14.5. The minimum atomic E-state index is -0.160. The molecule has 162 valence electrons. The number of ether oxygens (including phenoxy) is 1. The van der Waals surface area contributed by atoms with Crippen molar-refractivity contribution in [3.05, 3.63) is 50.1 Å². The number of nitrogens with zero attached hydrogens (tertiary/aromatic N) is 1. The maximum atomic E-state index is 14.5. The second-order valence-corrected chi connectivity index (χ2v) is 10.1. The lowest BCUT2D eigenvalue weighted by atomic mass is 9.84. The highest BCUT2D eigenvalue weighted by Crippen LogP contribution is 2.46. The van der Waals surface area contributed by atoms with Gasteiger partial charge >= 0.3 is 0 Å². The van der Waals surface area contributed by atoms with Crippen molar-refractivity contribution in [1.29, 1.82) is 0 Å². The predicted octanol–water partition coefficient (Wildman–Crippen LogP) is 5.76. The Morgan fingerprint density at radius 1 is 1.33 bits per heavy atom. The molecule has 1 aromatic carbocycles. The van der Waals surface area contributed by atoms with Crippen molar-refractivity contribution in [2.75, 3.05) is 6.61 Å². The molecule has 2 aromatic rings. The van der Waals surface area contributed by atoms with Gasteiger partial charge in [0, 0.05) is 18.6 Å². The van der Waals surface area contributed by atoms with E-state index in [-0.39, 0.29) is 29.7 Å². The summed E-state index contributed by atoms with van der Waals surface area (Å²) in [6, 6.07) is 5.50. The van der Waals surface area contributed by atoms with E-state index in [0.717, 1.165) is 63.2 Å². The number of halogens is 2. The van der Waals surface area contributed by atoms with E-state index in [2.05, 4.69) is 27.8 Å². The van der Waals surface area contributed by atoms with Crippen molar-refractivity contribution in [3.63, 3.8) is 0 Å². The molecule has 1 amide bonds. The molecule has 0 aliphatic carbocycles. The van der Waals surface area contributed by atoms with Gasteiger partial charge in [-0.15, -0.1) is 0 Å². The van der Waals surface area contributed by atoms with Gasteiger partial charge in [0.1, 0.15) is 5.82 Å². The van der Waals surface area contributed by atoms with E-state index in [1.165, 1.54) is 17.4 Å². The molecule has 30 heavy (non-hydrogen) atoms. The quantitative estimate of drug-likeness (QED) is 0.555. The molecule has 2 bridgehead atoms. The summed E-state index contributed by atoms with van der Waals surface area (Å²) in [5.41, 5.74) is 8.42. The number of fused-ring (bicyclic) bond motifs is 2. The molecule has 3 heterocycles. The topological polar surface area (TPSA) is 55.6 Å². The zero-order valence-electron chi connectivity index (χ0n) is 17.4. The molecule has 0 spiro atoms. The second-order valence-electron chi connectivity index (χ2n) is 8.33. The van der Waals surface area contributed by atoms with Crippen LogP contribution in [-0.4, -0.2) is 29.5 Å². The monoisotopic (exact) mass is 494 g/mol. The highest BCUT2D eigenvalue weighted by atomic mass is 79.9. The van der Waals surface area contributed by atoms with Crippen molar-refractivity contribution < 1.29 is 13.9 Å². The van der Waals surface area contributed by atoms with Gasteiger partial charge in [-0.1, -0.05) is 30.4 Å². The fourth-order valence-corrected chi connectivity index (χ4v) is 6.58. The number of carbonyl (C=O) groups excluding carboxylic acids is 1. The second kappa shape index (κ2) is 8.97. The molecular weight excluding hydrogens is 467 g/mol. The highest BCUT2D eigenvalue weighted by molar-refractivity contribution is 9.10. The molecule has 2 fully saturated rings. The molecule has 4 rings (SSSR count). The van der Waals surface area contributed by atoms with E-state index >= 15 is 0 Å². The lowest BCUT2D eigenvalue weighted by molar-refractivity contribution is 0.0574. The molecule has 1 aromatic heterocycles. The number of nitrogens with two attached hydrogens (primary N) is 1. The smallest absolute Gasteiger partial charge is 0.264 e. The Morgan fingerprint density at radius 2 is 2.03 bits per heavy atom. The summed E-state index contributed by atoms with van der Waals surface area (Å²) in [5, 5.41) is 0.778. The van der Waals surface area contributed by atoms with Crippen LogP contribution in [0.5, 0.6) is 5.06 Å². The van der Waals surface area contributed by atoms with Crippen molar-refractivity contribution in [2.24, 2.45) is 5.73 Å². The Morgan fingerprint density at radius 3 is 2.67 bits per heavy atom. The average molecular weight is 495 g/mol. The van der Waals surface area contributed by atoms with Gasteiger partial charge in [0.2, 0.25) is 0 Å². The van der Waals surface area contributed by atoms with Crippen molar-refractivity contribution >= 4 is 33.2 Å². The maximum Gasteiger partial charge on any atom is 0.264 e. The number of hydrogen-bond donors (Lipinski definition) is 1. The standard InChI is InChI=1S/C23H28BrFN2O2S/c1-3-8-29-23-20(24)13(2)21(30-23)22(28)27-16-5-6-17(27)11-15(10-16)18-9-14(12-26)4-7-19(18)25/h4,7,9,15-17H,3,5-6,8,10-12,26H2,1-2H3/t15?,16-,17+. The van der Waals surface area contributed by atoms with Gasteiger partial charge in [0.05, 0.1) is 16.0 Å². The summed E-state index contributed by atoms with van der Waals surface area (Å²) in [4.78, 5) is 16.3. The Hall–Kier alpha value is -1.44. The summed E-state index contributed by atoms with van der Waals surface area (Å²) >= 11 is 5.02. The molecule has 7 heteroatoms. The molecule has 4 nitrogen and oxygen atoms in total. The third-order valence-corrected chi connectivity index (χ3v) is 8.79. The number of carbonyl (C=O) groups is 1. The Balaban J connectivity index is 1.55. The van der Waals surface area contributed by atoms with Crippen LogP contribution in [0.4, 0.5) is 4.39 Å². The normalized spacial score (nSPS) is 23.1. The first-order valence-corrected chi connectivity index (χ1v) is 12.3. The summed E-state index contributed by atoms with van der Waals surface area (Å²) in [6.07, 6.45) is 4.49. The molecule has 2 N–H and O–H groups in total. The Labute approximate surface area is 189 Å². The minimum absolute atomic E-state index is 0.0895. The zero-order chi connectivity index (χ0) is 21.4. The van der Waals surface area contributed by atoms with Crippen molar-refractivity contribution in [1.82, 2.24) is 4.90 Å². The Kier molecular flexibility index (Phi) is 6.51. The zero-order valence-corrected chi connectivity index (χ0v) is 19.8. The van der Waals surface area contributed by atoms with E-state index < -0.39 is 0 Å². The van der Waals surface area contributed by atoms with Gasteiger partial charge in [0.25, 0.3) is 5.91 Å². The van der Waals surface area contributed by atoms with Crippen LogP contribution in [0.15, 0.2) is 22.7 Å². The number of hydrogen-bond acceptors (Lipinski definition) is 4. The van der Waals surface area contributed by atoms with Gasteiger partial charge in [-0.05, 0) is 83.6 Å². The summed E-state index contributed by atoms with van der Waals surface area (Å²) in [6.45, 7) is 5.08. The summed E-state index contributed by atoms with van der Waals surface area (Å²) < 4.78 is 21.2. The van der Waals surface area contributed by atoms with Gasteiger partial charge in [0.15, 0.2) is 5.06 Å². The van der Waals surface area contributed by atoms with Gasteiger partial charge in [-0.25, -0.2) is 4.39 Å². The molecule has 2 aliphatic heterocycles. The first kappa shape index (κ1) is 21.8. The number of benzene rings is 1. The third-order valence-electron chi connectivity index (χ3n) is 6.38. The van der Waals surface area contributed by atoms with E-state index in [9.17, 15) is 9.18 Å². The molecule has 2 aliphatic rings. The molecule has 0 saturated carbocycles. The SMILES string of the molecule is CCCOc1sc(C(=O)N2[C@@H]3CC[C@H]2CC(c2cc(CN)ccc2F)C3)c(C)c1Br. The van der Waals surface area contributed by atoms with Crippen LogP contribution in [0, 0.1) is 12.7 Å². The predicted molar refractivity (Wildman–Crippen MR) is 122 cm³/mol. The summed E-state index contributed by atoms with van der Waals surface area (Å²) in [7, 11) is 0.